The van der Waals surface area contributed by atoms with Crippen molar-refractivity contribution >= 4 is 23.5 Å². The highest BCUT2D eigenvalue weighted by atomic mass is 35.5. The minimum Gasteiger partial charge on any atom is -0.473 e. The lowest BCUT2D eigenvalue weighted by Gasteiger charge is -2.07. The Labute approximate surface area is 164 Å². The van der Waals surface area contributed by atoms with Crippen molar-refractivity contribution in [2.75, 3.05) is 6.54 Å². The number of hydrogen-bond donors (Lipinski definition) is 3. The van der Waals surface area contributed by atoms with Crippen LogP contribution in [-0.2, 0) is 29.1 Å². The molecule has 0 bridgehead atoms. The van der Waals surface area contributed by atoms with Crippen molar-refractivity contribution < 1.29 is 19.8 Å². The summed E-state index contributed by atoms with van der Waals surface area (Å²) in [5.74, 6) is -3.11. The topological polar surface area (TPSA) is 104 Å². The van der Waals surface area contributed by atoms with Crippen LogP contribution >= 0.6 is 11.6 Å². The van der Waals surface area contributed by atoms with Crippen LogP contribution in [0.15, 0.2) is 30.3 Å². The predicted octanol–water partition coefficient (Wildman–Crippen LogP) is 2.99. The van der Waals surface area contributed by atoms with E-state index in [0.717, 1.165) is 42.5 Å². The van der Waals surface area contributed by atoms with Gasteiger partial charge >= 0.3 is 11.9 Å². The van der Waals surface area contributed by atoms with Crippen LogP contribution in [0.25, 0.3) is 0 Å². The molecule has 3 N–H and O–H groups in total. The molecule has 1 aromatic heterocycles. The summed E-state index contributed by atoms with van der Waals surface area (Å²) >= 11 is 6.43. The molecule has 27 heavy (non-hydrogen) atoms. The van der Waals surface area contributed by atoms with Gasteiger partial charge in [0.25, 0.3) is 0 Å². The zero-order chi connectivity index (χ0) is 20.4. The van der Waals surface area contributed by atoms with Crippen LogP contribution in [-0.4, -0.2) is 38.5 Å². The molecule has 148 valence electrons. The smallest absolute Gasteiger partial charge is 0.414 e. The summed E-state index contributed by atoms with van der Waals surface area (Å²) in [5, 5.41) is 23.5. The fourth-order valence-corrected chi connectivity index (χ4v) is 2.66. The Hall–Kier alpha value is -2.38. The molecule has 0 spiro atoms. The van der Waals surface area contributed by atoms with Gasteiger partial charge < -0.3 is 15.5 Å². The highest BCUT2D eigenvalue weighted by molar-refractivity contribution is 6.30. The van der Waals surface area contributed by atoms with Crippen molar-refractivity contribution in [2.45, 2.75) is 40.3 Å². The quantitative estimate of drug-likeness (QED) is 0.491. The van der Waals surface area contributed by atoms with Gasteiger partial charge in [0.1, 0.15) is 5.15 Å². The number of carboxylic acid groups (broad SMARTS) is 2. The first-order chi connectivity index (χ1) is 12.7. The van der Waals surface area contributed by atoms with Gasteiger partial charge in [-0.05, 0) is 31.4 Å². The molecular weight excluding hydrogens is 370 g/mol. The molecular formula is C19H26ClN3O4. The molecule has 1 aromatic carbocycles. The van der Waals surface area contributed by atoms with Crippen LogP contribution in [0.1, 0.15) is 30.7 Å². The number of aliphatic carboxylic acids is 2. The summed E-state index contributed by atoms with van der Waals surface area (Å²) in [6.45, 7) is 8.95. The Kier molecular flexibility index (Phi) is 9.53. The van der Waals surface area contributed by atoms with Gasteiger partial charge in [-0.3, -0.25) is 4.68 Å². The number of carbonyl (C=O) groups is 2. The maximum absolute atomic E-state index is 9.10. The minimum absolute atomic E-state index is 0.542. The number of carboxylic acids is 2. The Bertz CT molecular complexity index is 733. The van der Waals surface area contributed by atoms with Gasteiger partial charge in [0.2, 0.25) is 0 Å². The lowest BCUT2D eigenvalue weighted by Crippen LogP contribution is -2.17. The second kappa shape index (κ2) is 11.4. The number of benzene rings is 1. The van der Waals surface area contributed by atoms with Crippen molar-refractivity contribution in [3.05, 3.63) is 52.3 Å². The third-order valence-electron chi connectivity index (χ3n) is 3.64. The van der Waals surface area contributed by atoms with Crippen LogP contribution in [0.3, 0.4) is 0 Å². The van der Waals surface area contributed by atoms with Crippen molar-refractivity contribution in [3.63, 3.8) is 0 Å². The summed E-state index contributed by atoms with van der Waals surface area (Å²) in [6.07, 6.45) is 1.03. The van der Waals surface area contributed by atoms with E-state index >= 15 is 0 Å². The predicted molar refractivity (Wildman–Crippen MR) is 104 cm³/mol. The van der Waals surface area contributed by atoms with Crippen LogP contribution < -0.4 is 5.32 Å². The zero-order valence-electron chi connectivity index (χ0n) is 15.8. The lowest BCUT2D eigenvalue weighted by atomic mass is 10.1. The number of nitrogens with one attached hydrogen (secondary N) is 1. The molecule has 2 aromatic rings. The van der Waals surface area contributed by atoms with Gasteiger partial charge in [0.15, 0.2) is 0 Å². The molecule has 0 saturated heterocycles. The van der Waals surface area contributed by atoms with E-state index < -0.39 is 11.9 Å². The summed E-state index contributed by atoms with van der Waals surface area (Å²) in [6, 6.07) is 10.5. The van der Waals surface area contributed by atoms with Crippen molar-refractivity contribution in [1.82, 2.24) is 15.1 Å². The average molecular weight is 396 g/mol. The van der Waals surface area contributed by atoms with E-state index in [2.05, 4.69) is 48.5 Å². The summed E-state index contributed by atoms with van der Waals surface area (Å²) in [4.78, 5) is 18.2. The Morgan fingerprint density at radius 3 is 2.30 bits per heavy atom. The van der Waals surface area contributed by atoms with Crippen LogP contribution in [0.4, 0.5) is 0 Å². The molecule has 0 radical (unpaired) electrons. The molecule has 0 aliphatic carbocycles. The van der Waals surface area contributed by atoms with Crippen LogP contribution in [0.5, 0.6) is 0 Å². The second-order valence-corrected chi connectivity index (χ2v) is 6.81. The van der Waals surface area contributed by atoms with E-state index in [1.807, 2.05) is 17.7 Å². The lowest BCUT2D eigenvalue weighted by molar-refractivity contribution is -0.159. The monoisotopic (exact) mass is 395 g/mol. The highest BCUT2D eigenvalue weighted by Gasteiger charge is 2.13. The first kappa shape index (κ1) is 22.7. The van der Waals surface area contributed by atoms with Gasteiger partial charge in [-0.2, -0.15) is 5.10 Å². The van der Waals surface area contributed by atoms with Crippen LogP contribution in [0.2, 0.25) is 5.15 Å². The number of rotatable bonds is 7. The summed E-state index contributed by atoms with van der Waals surface area (Å²) in [5.41, 5.74) is 3.49. The van der Waals surface area contributed by atoms with Crippen molar-refractivity contribution in [3.8, 4) is 0 Å². The molecule has 0 aliphatic rings. The second-order valence-electron chi connectivity index (χ2n) is 6.45. The fourth-order valence-electron chi connectivity index (χ4n) is 2.35. The maximum atomic E-state index is 9.10. The molecule has 7 nitrogen and oxygen atoms in total. The van der Waals surface area contributed by atoms with Crippen molar-refractivity contribution in [2.24, 2.45) is 5.92 Å². The Morgan fingerprint density at radius 2 is 1.78 bits per heavy atom. The standard InChI is InChI=1S/C17H24ClN3.C2H2O4/c1-13(2)12-21-17(18)16(14(3)20-21)11-19-10-9-15-7-5-4-6-8-15;3-1(4)2(5)6/h4-8,13,19H,9-12H2,1-3H3;(H,3,4)(H,5,6). The molecule has 0 amide bonds. The number of aryl methyl sites for hydroxylation is 1. The van der Waals surface area contributed by atoms with E-state index in [9.17, 15) is 0 Å². The normalized spacial score (nSPS) is 10.4. The van der Waals surface area contributed by atoms with Gasteiger partial charge in [-0.25, -0.2) is 9.59 Å². The van der Waals surface area contributed by atoms with E-state index in [-0.39, 0.29) is 0 Å². The Balaban J connectivity index is 0.000000527. The maximum Gasteiger partial charge on any atom is 0.414 e. The van der Waals surface area contributed by atoms with Gasteiger partial charge in [-0.1, -0.05) is 55.8 Å². The van der Waals surface area contributed by atoms with E-state index in [1.54, 1.807) is 0 Å². The molecule has 0 unspecified atom stereocenters. The van der Waals surface area contributed by atoms with E-state index in [0.29, 0.717) is 5.92 Å². The number of nitrogens with zero attached hydrogens (tertiary/aromatic N) is 2. The molecule has 0 saturated carbocycles. The molecule has 0 atom stereocenters. The first-order valence-electron chi connectivity index (χ1n) is 8.65. The molecule has 0 fully saturated rings. The molecule has 8 heteroatoms. The van der Waals surface area contributed by atoms with Gasteiger partial charge in [0, 0.05) is 18.7 Å². The third-order valence-corrected chi connectivity index (χ3v) is 4.06. The Morgan fingerprint density at radius 1 is 1.19 bits per heavy atom. The van der Waals surface area contributed by atoms with Crippen LogP contribution in [0, 0.1) is 12.8 Å². The largest absolute Gasteiger partial charge is 0.473 e. The molecule has 0 aliphatic heterocycles. The SMILES string of the molecule is Cc1nn(CC(C)C)c(Cl)c1CNCCc1ccccc1.O=C(O)C(=O)O. The first-order valence-corrected chi connectivity index (χ1v) is 9.02. The zero-order valence-corrected chi connectivity index (χ0v) is 16.5. The molecule has 2 rings (SSSR count). The van der Waals surface area contributed by atoms with E-state index in [4.69, 9.17) is 31.4 Å². The summed E-state index contributed by atoms with van der Waals surface area (Å²) < 4.78 is 1.91. The number of hydrogen-bond acceptors (Lipinski definition) is 4. The molecule has 1 heterocycles. The number of halogens is 1. The highest BCUT2D eigenvalue weighted by Crippen LogP contribution is 2.20. The number of aromatic nitrogens is 2. The summed E-state index contributed by atoms with van der Waals surface area (Å²) in [7, 11) is 0. The minimum atomic E-state index is -1.82. The van der Waals surface area contributed by atoms with Gasteiger partial charge in [-0.15, -0.1) is 0 Å². The van der Waals surface area contributed by atoms with Crippen molar-refractivity contribution in [1.29, 1.82) is 0 Å². The van der Waals surface area contributed by atoms with E-state index in [1.165, 1.54) is 5.56 Å². The van der Waals surface area contributed by atoms with Gasteiger partial charge in [0.05, 0.1) is 5.69 Å². The average Bonchev–Trinajstić information content (AvgIpc) is 2.86. The fraction of sp³-hybridized carbons (Fsp3) is 0.421. The third kappa shape index (κ3) is 8.23.